The van der Waals surface area contributed by atoms with Crippen LogP contribution in [-0.2, 0) is 10.7 Å². The Morgan fingerprint density at radius 3 is 2.38 bits per heavy atom. The molecule has 0 aliphatic carbocycles. The van der Waals surface area contributed by atoms with Gasteiger partial charge in [0.15, 0.2) is 0 Å². The smallest absolute Gasteiger partial charge is 0.290 e. The molecule has 6 heteroatoms. The number of hydrogen-bond donors (Lipinski definition) is 1. The number of carbonyl (C=O) groups excluding carboxylic acids is 1. The van der Waals surface area contributed by atoms with Gasteiger partial charge in [-0.15, -0.1) is 0 Å². The molecule has 1 aromatic rings. The molecule has 1 amide bonds. The topological polar surface area (TPSA) is 29.1 Å². The molecule has 2 nitrogen and oxygen atoms in total. The molecule has 0 saturated heterocycles. The zero-order valence-electron chi connectivity index (χ0n) is 8.14. The van der Waals surface area contributed by atoms with Crippen molar-refractivity contribution < 1.29 is 13.6 Å². The number of carbonyl (C=O) groups is 1. The highest BCUT2D eigenvalue weighted by molar-refractivity contribution is 9.10. The number of amides is 1. The highest BCUT2D eigenvalue weighted by Gasteiger charge is 2.31. The SMILES string of the molecule is O=C(CBr)NCC(F)(F)c1ccc(Br)cc1. The van der Waals surface area contributed by atoms with Crippen molar-refractivity contribution in [2.75, 3.05) is 11.9 Å². The van der Waals surface area contributed by atoms with Gasteiger partial charge in [-0.05, 0) is 12.1 Å². The molecule has 1 rings (SSSR count). The standard InChI is InChI=1S/C10H9Br2F2NO/c11-5-9(16)15-6-10(13,14)7-1-3-8(12)4-2-7/h1-4H,5-6H2,(H,15,16). The lowest BCUT2D eigenvalue weighted by Gasteiger charge is -2.17. The van der Waals surface area contributed by atoms with Gasteiger partial charge < -0.3 is 5.32 Å². The highest BCUT2D eigenvalue weighted by Crippen LogP contribution is 2.28. The Labute approximate surface area is 109 Å². The first-order valence-electron chi connectivity index (χ1n) is 4.42. The first-order chi connectivity index (χ1) is 7.45. The van der Waals surface area contributed by atoms with Crippen LogP contribution in [0.4, 0.5) is 8.78 Å². The summed E-state index contributed by atoms with van der Waals surface area (Å²) in [6.07, 6.45) is 0. The van der Waals surface area contributed by atoms with Gasteiger partial charge in [-0.3, -0.25) is 4.79 Å². The second kappa shape index (κ2) is 5.72. The Hall–Kier alpha value is -0.490. The molecule has 0 atom stereocenters. The fraction of sp³-hybridized carbons (Fsp3) is 0.300. The first kappa shape index (κ1) is 13.6. The summed E-state index contributed by atoms with van der Waals surface area (Å²) in [6, 6.07) is 5.72. The van der Waals surface area contributed by atoms with Crippen molar-refractivity contribution in [3.05, 3.63) is 34.3 Å². The summed E-state index contributed by atoms with van der Waals surface area (Å²) in [5, 5.41) is 2.16. The van der Waals surface area contributed by atoms with Crippen LogP contribution in [-0.4, -0.2) is 17.8 Å². The molecular weight excluding hydrogens is 348 g/mol. The average Bonchev–Trinajstić information content (AvgIpc) is 2.26. The lowest BCUT2D eigenvalue weighted by Crippen LogP contribution is -2.35. The molecule has 88 valence electrons. The predicted molar refractivity (Wildman–Crippen MR) is 64.8 cm³/mol. The maximum absolute atomic E-state index is 13.5. The second-order valence-electron chi connectivity index (χ2n) is 3.12. The van der Waals surface area contributed by atoms with E-state index in [1.165, 1.54) is 24.3 Å². The summed E-state index contributed by atoms with van der Waals surface area (Å²) in [6.45, 7) is -0.695. The molecule has 0 fully saturated rings. The summed E-state index contributed by atoms with van der Waals surface area (Å²) in [5.74, 6) is -3.52. The number of rotatable bonds is 4. The van der Waals surface area contributed by atoms with Crippen LogP contribution in [0.2, 0.25) is 0 Å². The van der Waals surface area contributed by atoms with E-state index in [-0.39, 0.29) is 10.9 Å². The van der Waals surface area contributed by atoms with Crippen LogP contribution in [0.15, 0.2) is 28.7 Å². The monoisotopic (exact) mass is 355 g/mol. The van der Waals surface area contributed by atoms with E-state index in [4.69, 9.17) is 0 Å². The fourth-order valence-electron chi connectivity index (χ4n) is 1.05. The van der Waals surface area contributed by atoms with Gasteiger partial charge in [0, 0.05) is 10.0 Å². The summed E-state index contributed by atoms with van der Waals surface area (Å²) in [7, 11) is 0. The van der Waals surface area contributed by atoms with E-state index in [2.05, 4.69) is 37.2 Å². The van der Waals surface area contributed by atoms with E-state index in [1.54, 1.807) is 0 Å². The minimum Gasteiger partial charge on any atom is -0.349 e. The maximum atomic E-state index is 13.5. The summed E-state index contributed by atoms with van der Waals surface area (Å²) in [4.78, 5) is 10.8. The minimum absolute atomic E-state index is 0.0173. The molecule has 0 aliphatic heterocycles. The summed E-state index contributed by atoms with van der Waals surface area (Å²) in [5.41, 5.74) is -0.120. The molecule has 0 aliphatic rings. The predicted octanol–water partition coefficient (Wildman–Crippen LogP) is 3.05. The molecule has 16 heavy (non-hydrogen) atoms. The van der Waals surface area contributed by atoms with E-state index < -0.39 is 18.4 Å². The van der Waals surface area contributed by atoms with E-state index in [0.717, 1.165) is 4.47 Å². The number of alkyl halides is 3. The van der Waals surface area contributed by atoms with Crippen LogP contribution in [0.25, 0.3) is 0 Å². The van der Waals surface area contributed by atoms with Crippen molar-refractivity contribution in [1.29, 1.82) is 0 Å². The van der Waals surface area contributed by atoms with Gasteiger partial charge >= 0.3 is 0 Å². The first-order valence-corrected chi connectivity index (χ1v) is 6.33. The van der Waals surface area contributed by atoms with Gasteiger partial charge in [-0.1, -0.05) is 44.0 Å². The molecule has 1 aromatic carbocycles. The Morgan fingerprint density at radius 1 is 1.31 bits per heavy atom. The summed E-state index contributed by atoms with van der Waals surface area (Å²) >= 11 is 6.05. The van der Waals surface area contributed by atoms with Crippen LogP contribution in [0, 0.1) is 0 Å². The largest absolute Gasteiger partial charge is 0.349 e. The molecule has 0 saturated carbocycles. The second-order valence-corrected chi connectivity index (χ2v) is 4.60. The Kier molecular flexibility index (Phi) is 4.86. The number of hydrogen-bond acceptors (Lipinski definition) is 1. The van der Waals surface area contributed by atoms with Gasteiger partial charge in [-0.25, -0.2) is 0 Å². The van der Waals surface area contributed by atoms with Gasteiger partial charge in [-0.2, -0.15) is 8.78 Å². The van der Waals surface area contributed by atoms with Crippen molar-refractivity contribution >= 4 is 37.8 Å². The molecular formula is C10H9Br2F2NO. The highest BCUT2D eigenvalue weighted by atomic mass is 79.9. The van der Waals surface area contributed by atoms with E-state index in [0.29, 0.717) is 0 Å². The van der Waals surface area contributed by atoms with Gasteiger partial charge in [0.1, 0.15) is 0 Å². The molecule has 0 unspecified atom stereocenters. The normalized spacial score (nSPS) is 11.2. The third-order valence-corrected chi connectivity index (χ3v) is 2.93. The van der Waals surface area contributed by atoms with Gasteiger partial charge in [0.25, 0.3) is 5.92 Å². The molecule has 0 bridgehead atoms. The molecule has 0 spiro atoms. The Morgan fingerprint density at radius 2 is 1.88 bits per heavy atom. The zero-order chi connectivity index (χ0) is 12.2. The molecule has 1 N–H and O–H groups in total. The quantitative estimate of drug-likeness (QED) is 0.825. The Bertz CT molecular complexity index is 368. The molecule has 0 heterocycles. The lowest BCUT2D eigenvalue weighted by atomic mass is 10.1. The van der Waals surface area contributed by atoms with Crippen LogP contribution < -0.4 is 5.32 Å². The number of halogens is 4. The molecule has 0 radical (unpaired) electrons. The van der Waals surface area contributed by atoms with E-state index >= 15 is 0 Å². The van der Waals surface area contributed by atoms with Crippen molar-refractivity contribution in [3.8, 4) is 0 Å². The van der Waals surface area contributed by atoms with Gasteiger partial charge in [0.2, 0.25) is 5.91 Å². The lowest BCUT2D eigenvalue weighted by molar-refractivity contribution is -0.120. The van der Waals surface area contributed by atoms with E-state index in [9.17, 15) is 13.6 Å². The van der Waals surface area contributed by atoms with Crippen LogP contribution in [0.5, 0.6) is 0 Å². The maximum Gasteiger partial charge on any atom is 0.290 e. The zero-order valence-corrected chi connectivity index (χ0v) is 11.3. The van der Waals surface area contributed by atoms with Crippen LogP contribution in [0.1, 0.15) is 5.56 Å². The van der Waals surface area contributed by atoms with Crippen molar-refractivity contribution in [1.82, 2.24) is 5.32 Å². The third kappa shape index (κ3) is 3.83. The average molecular weight is 357 g/mol. The van der Waals surface area contributed by atoms with E-state index in [1.807, 2.05) is 0 Å². The fourth-order valence-corrected chi connectivity index (χ4v) is 1.52. The van der Waals surface area contributed by atoms with Crippen molar-refractivity contribution in [2.24, 2.45) is 0 Å². The molecule has 0 aromatic heterocycles. The van der Waals surface area contributed by atoms with Crippen LogP contribution in [0.3, 0.4) is 0 Å². The van der Waals surface area contributed by atoms with Gasteiger partial charge in [0.05, 0.1) is 11.9 Å². The summed E-state index contributed by atoms with van der Waals surface area (Å²) < 4.78 is 27.8. The third-order valence-electron chi connectivity index (χ3n) is 1.90. The van der Waals surface area contributed by atoms with Crippen molar-refractivity contribution in [3.63, 3.8) is 0 Å². The number of nitrogens with one attached hydrogen (secondary N) is 1. The Balaban J connectivity index is 2.69. The number of benzene rings is 1. The minimum atomic E-state index is -3.06. The van der Waals surface area contributed by atoms with Crippen molar-refractivity contribution in [2.45, 2.75) is 5.92 Å². The van der Waals surface area contributed by atoms with Crippen LogP contribution >= 0.6 is 31.9 Å².